The summed E-state index contributed by atoms with van der Waals surface area (Å²) < 4.78 is 60.5. The highest BCUT2D eigenvalue weighted by atomic mass is 19.4. The molecule has 206 valence electrons. The lowest BCUT2D eigenvalue weighted by atomic mass is 10.1. The molecule has 0 aliphatic heterocycles. The van der Waals surface area contributed by atoms with Gasteiger partial charge in [0.1, 0.15) is 12.4 Å². The van der Waals surface area contributed by atoms with Crippen LogP contribution in [0.2, 0.25) is 0 Å². The molecule has 0 aliphatic rings. The Morgan fingerprint density at radius 3 is 2.49 bits per heavy atom. The van der Waals surface area contributed by atoms with E-state index >= 15 is 0 Å². The van der Waals surface area contributed by atoms with Crippen LogP contribution in [0.4, 0.5) is 23.2 Å². The monoisotopic (exact) mass is 562 g/mol. The molecule has 0 saturated carbocycles. The Hall–Kier alpha value is -5.39. The second kappa shape index (κ2) is 11.0. The summed E-state index contributed by atoms with van der Waals surface area (Å²) in [6.45, 7) is -0.212. The maximum absolute atomic E-state index is 13.6. The predicted molar refractivity (Wildman–Crippen MR) is 143 cm³/mol. The number of rotatable bonds is 7. The largest absolute Gasteiger partial charge is 0.481 e. The van der Waals surface area contributed by atoms with Crippen LogP contribution >= 0.6 is 0 Å². The van der Waals surface area contributed by atoms with E-state index in [-0.39, 0.29) is 40.2 Å². The highest BCUT2D eigenvalue weighted by Gasteiger charge is 2.31. The second-order valence-corrected chi connectivity index (χ2v) is 8.76. The standard InChI is InChI=1S/C29H18F4N4O4/c30-22-10-3-6-18(14-22)17-41-26-20(8-5-13-25(26)37(39)40)16-34-36-27(19-7-4-9-21(15-19)29(31,32)33)35-24-12-2-1-11-23(24)28(36)38/h1-16H,17H2. The van der Waals surface area contributed by atoms with Crippen LogP contribution in [0.1, 0.15) is 16.7 Å². The number of hydrogen-bond acceptors (Lipinski definition) is 6. The molecule has 5 rings (SSSR count). The zero-order valence-corrected chi connectivity index (χ0v) is 20.9. The van der Waals surface area contributed by atoms with Crippen LogP contribution in [0.3, 0.4) is 0 Å². The first-order valence-corrected chi connectivity index (χ1v) is 12.0. The number of alkyl halides is 3. The fourth-order valence-corrected chi connectivity index (χ4v) is 4.10. The number of aromatic nitrogens is 2. The molecule has 0 aliphatic carbocycles. The Kier molecular flexibility index (Phi) is 7.30. The molecular weight excluding hydrogens is 544 g/mol. The molecule has 4 aromatic carbocycles. The fraction of sp³-hybridized carbons (Fsp3) is 0.0690. The molecule has 41 heavy (non-hydrogen) atoms. The number of halogens is 4. The number of hydrogen-bond donors (Lipinski definition) is 0. The quantitative estimate of drug-likeness (QED) is 0.0965. The maximum atomic E-state index is 13.6. The van der Waals surface area contributed by atoms with Gasteiger partial charge in [0.15, 0.2) is 5.82 Å². The van der Waals surface area contributed by atoms with Gasteiger partial charge in [-0.2, -0.15) is 22.9 Å². The lowest BCUT2D eigenvalue weighted by molar-refractivity contribution is -0.385. The lowest BCUT2D eigenvalue weighted by Gasteiger charge is -2.12. The Morgan fingerprint density at radius 1 is 0.976 bits per heavy atom. The van der Waals surface area contributed by atoms with E-state index in [2.05, 4.69) is 10.1 Å². The number of para-hydroxylation sites is 2. The van der Waals surface area contributed by atoms with Crippen molar-refractivity contribution in [1.29, 1.82) is 0 Å². The molecule has 0 fully saturated rings. The third kappa shape index (κ3) is 5.81. The first kappa shape index (κ1) is 27.2. The molecule has 1 heterocycles. The summed E-state index contributed by atoms with van der Waals surface area (Å²) in [5, 5.41) is 16.1. The van der Waals surface area contributed by atoms with Crippen molar-refractivity contribution in [3.05, 3.63) is 134 Å². The Balaban J connectivity index is 1.64. The van der Waals surface area contributed by atoms with Gasteiger partial charge in [0.2, 0.25) is 5.75 Å². The van der Waals surface area contributed by atoms with Crippen molar-refractivity contribution in [1.82, 2.24) is 9.66 Å². The zero-order valence-electron chi connectivity index (χ0n) is 20.9. The molecule has 0 spiro atoms. The van der Waals surface area contributed by atoms with Crippen molar-refractivity contribution >= 4 is 22.8 Å². The summed E-state index contributed by atoms with van der Waals surface area (Å²) >= 11 is 0. The number of nitro benzene ring substituents is 1. The molecule has 0 unspecified atom stereocenters. The van der Waals surface area contributed by atoms with Crippen LogP contribution < -0.4 is 10.3 Å². The molecule has 0 amide bonds. The van der Waals surface area contributed by atoms with Crippen molar-refractivity contribution in [2.75, 3.05) is 0 Å². The summed E-state index contributed by atoms with van der Waals surface area (Å²) in [7, 11) is 0. The summed E-state index contributed by atoms with van der Waals surface area (Å²) in [6, 6.07) is 20.1. The number of benzene rings is 4. The Labute approximate surface area is 228 Å². The van der Waals surface area contributed by atoms with Crippen molar-refractivity contribution < 1.29 is 27.2 Å². The van der Waals surface area contributed by atoms with Crippen LogP contribution in [0.25, 0.3) is 22.3 Å². The normalized spacial score (nSPS) is 11.7. The molecule has 0 bridgehead atoms. The minimum atomic E-state index is -4.64. The van der Waals surface area contributed by atoms with Gasteiger partial charge in [0.25, 0.3) is 5.56 Å². The highest BCUT2D eigenvalue weighted by molar-refractivity contribution is 5.86. The number of fused-ring (bicyclic) bond motifs is 1. The van der Waals surface area contributed by atoms with Gasteiger partial charge < -0.3 is 4.74 Å². The van der Waals surface area contributed by atoms with Crippen molar-refractivity contribution in [2.24, 2.45) is 5.10 Å². The van der Waals surface area contributed by atoms with Crippen molar-refractivity contribution in [3.63, 3.8) is 0 Å². The topological polar surface area (TPSA) is 99.6 Å². The third-order valence-corrected chi connectivity index (χ3v) is 6.01. The van der Waals surface area contributed by atoms with E-state index < -0.39 is 33.7 Å². The van der Waals surface area contributed by atoms with E-state index in [0.29, 0.717) is 5.56 Å². The molecule has 5 aromatic rings. The van der Waals surface area contributed by atoms with E-state index in [1.165, 1.54) is 54.6 Å². The Morgan fingerprint density at radius 2 is 1.73 bits per heavy atom. The molecule has 0 radical (unpaired) electrons. The smallest absolute Gasteiger partial charge is 0.416 e. The fourth-order valence-electron chi connectivity index (χ4n) is 4.10. The molecule has 8 nitrogen and oxygen atoms in total. The zero-order chi connectivity index (χ0) is 29.1. The summed E-state index contributed by atoms with van der Waals surface area (Å²) in [4.78, 5) is 28.9. The first-order valence-electron chi connectivity index (χ1n) is 12.0. The van der Waals surface area contributed by atoms with Crippen LogP contribution in [-0.2, 0) is 12.8 Å². The Bertz CT molecular complexity index is 1870. The van der Waals surface area contributed by atoms with Gasteiger partial charge in [-0.1, -0.05) is 42.5 Å². The van der Waals surface area contributed by atoms with Gasteiger partial charge in [-0.15, -0.1) is 0 Å². The van der Waals surface area contributed by atoms with Crippen LogP contribution in [-0.4, -0.2) is 20.8 Å². The highest BCUT2D eigenvalue weighted by Crippen LogP contribution is 2.33. The molecule has 1 aromatic heterocycles. The molecule has 0 saturated heterocycles. The lowest BCUT2D eigenvalue weighted by Crippen LogP contribution is -2.20. The average Bonchev–Trinajstić information content (AvgIpc) is 2.95. The first-order chi connectivity index (χ1) is 19.6. The van der Waals surface area contributed by atoms with E-state index in [0.717, 1.165) is 23.0 Å². The maximum Gasteiger partial charge on any atom is 0.416 e. The van der Waals surface area contributed by atoms with Gasteiger partial charge in [0.05, 0.1) is 27.6 Å². The number of ether oxygens (including phenoxy) is 1. The van der Waals surface area contributed by atoms with E-state index in [1.54, 1.807) is 24.3 Å². The van der Waals surface area contributed by atoms with Gasteiger partial charge >= 0.3 is 11.9 Å². The number of nitrogens with zero attached hydrogens (tertiary/aromatic N) is 4. The van der Waals surface area contributed by atoms with E-state index in [4.69, 9.17) is 4.74 Å². The van der Waals surface area contributed by atoms with E-state index in [9.17, 15) is 32.5 Å². The third-order valence-electron chi connectivity index (χ3n) is 6.01. The SMILES string of the molecule is O=c1c2ccccc2nc(-c2cccc(C(F)(F)F)c2)n1N=Cc1cccc([N+](=O)[O-])c1OCc1cccc(F)c1. The second-order valence-electron chi connectivity index (χ2n) is 8.76. The van der Waals surface area contributed by atoms with Crippen LogP contribution in [0, 0.1) is 15.9 Å². The molecular formula is C29H18F4N4O4. The minimum Gasteiger partial charge on any atom is -0.481 e. The van der Waals surface area contributed by atoms with Gasteiger partial charge in [-0.05, 0) is 48.0 Å². The summed E-state index contributed by atoms with van der Waals surface area (Å²) in [5.41, 5.74) is -1.32. The predicted octanol–water partition coefficient (Wildman–Crippen LogP) is 6.59. The van der Waals surface area contributed by atoms with Crippen molar-refractivity contribution in [3.8, 4) is 17.1 Å². The molecule has 0 atom stereocenters. The van der Waals surface area contributed by atoms with Crippen molar-refractivity contribution in [2.45, 2.75) is 12.8 Å². The van der Waals surface area contributed by atoms with Crippen LogP contribution in [0.5, 0.6) is 5.75 Å². The van der Waals surface area contributed by atoms with Gasteiger partial charge in [0, 0.05) is 17.2 Å². The van der Waals surface area contributed by atoms with Crippen LogP contribution in [0.15, 0.2) is 101 Å². The van der Waals surface area contributed by atoms with E-state index in [1.807, 2.05) is 0 Å². The van der Waals surface area contributed by atoms with Gasteiger partial charge in [-0.25, -0.2) is 9.37 Å². The average molecular weight is 562 g/mol. The minimum absolute atomic E-state index is 0.0264. The van der Waals surface area contributed by atoms with Gasteiger partial charge in [-0.3, -0.25) is 14.9 Å². The summed E-state index contributed by atoms with van der Waals surface area (Å²) in [6.07, 6.45) is -3.53. The molecule has 0 N–H and O–H groups in total. The summed E-state index contributed by atoms with van der Waals surface area (Å²) in [5.74, 6) is -0.891. The number of nitro groups is 1. The molecule has 12 heteroatoms.